The van der Waals surface area contributed by atoms with Gasteiger partial charge in [-0.15, -0.1) is 0 Å². The van der Waals surface area contributed by atoms with Crippen LogP contribution in [0.1, 0.15) is 30.8 Å². The molecule has 0 saturated carbocycles. The van der Waals surface area contributed by atoms with Crippen molar-refractivity contribution in [3.8, 4) is 11.5 Å². The Kier molecular flexibility index (Phi) is 5.20. The van der Waals surface area contributed by atoms with Crippen molar-refractivity contribution in [3.63, 3.8) is 0 Å². The molecule has 1 aliphatic rings. The van der Waals surface area contributed by atoms with Crippen LogP contribution in [0.3, 0.4) is 0 Å². The van der Waals surface area contributed by atoms with E-state index in [1.165, 1.54) is 0 Å². The maximum atomic E-state index is 13.6. The van der Waals surface area contributed by atoms with E-state index in [-0.39, 0.29) is 19.2 Å². The standard InChI is InChI=1S/C20H20F2N4O3/c1-12(18-25-14-4-2-3-5-15(14)26(18)19(21)22)9-23-20(27)24-10-13-6-7-16-17(8-13)29-11-28-16/h2-8,12,19H,9-11H2,1H3,(H2,23,24,27). The summed E-state index contributed by atoms with van der Waals surface area (Å²) in [6.07, 6.45) is 0. The van der Waals surface area contributed by atoms with Gasteiger partial charge in [-0.05, 0) is 29.8 Å². The predicted molar refractivity (Wildman–Crippen MR) is 102 cm³/mol. The van der Waals surface area contributed by atoms with Crippen LogP contribution >= 0.6 is 0 Å². The maximum Gasteiger partial charge on any atom is 0.320 e. The summed E-state index contributed by atoms with van der Waals surface area (Å²) in [4.78, 5) is 16.4. The Hall–Kier alpha value is -3.36. The number of rotatable bonds is 6. The van der Waals surface area contributed by atoms with E-state index in [2.05, 4.69) is 15.6 Å². The number of benzene rings is 2. The summed E-state index contributed by atoms with van der Waals surface area (Å²) in [7, 11) is 0. The Morgan fingerprint density at radius 3 is 2.79 bits per heavy atom. The van der Waals surface area contributed by atoms with Crippen molar-refractivity contribution in [1.29, 1.82) is 0 Å². The minimum absolute atomic E-state index is 0.170. The zero-order chi connectivity index (χ0) is 20.4. The van der Waals surface area contributed by atoms with Gasteiger partial charge in [0.2, 0.25) is 6.79 Å². The number of hydrogen-bond donors (Lipinski definition) is 2. The van der Waals surface area contributed by atoms with Crippen molar-refractivity contribution >= 4 is 17.1 Å². The number of imidazole rings is 1. The lowest BCUT2D eigenvalue weighted by Gasteiger charge is -2.15. The third-order valence-corrected chi connectivity index (χ3v) is 4.72. The first kappa shape index (κ1) is 19.0. The van der Waals surface area contributed by atoms with E-state index in [0.717, 1.165) is 10.1 Å². The zero-order valence-electron chi connectivity index (χ0n) is 15.7. The summed E-state index contributed by atoms with van der Waals surface area (Å²) >= 11 is 0. The second-order valence-electron chi connectivity index (χ2n) is 6.76. The summed E-state index contributed by atoms with van der Waals surface area (Å²) in [6.45, 7) is -0.304. The van der Waals surface area contributed by atoms with Gasteiger partial charge in [0, 0.05) is 19.0 Å². The number of urea groups is 1. The molecule has 3 aromatic rings. The van der Waals surface area contributed by atoms with Crippen LogP contribution in [0, 0.1) is 0 Å². The predicted octanol–water partition coefficient (Wildman–Crippen LogP) is 3.76. The fourth-order valence-electron chi connectivity index (χ4n) is 3.25. The second-order valence-corrected chi connectivity index (χ2v) is 6.76. The highest BCUT2D eigenvalue weighted by Crippen LogP contribution is 2.32. The maximum absolute atomic E-state index is 13.6. The van der Waals surface area contributed by atoms with Crippen LogP contribution in [0.15, 0.2) is 42.5 Å². The lowest BCUT2D eigenvalue weighted by Crippen LogP contribution is -2.37. The smallest absolute Gasteiger partial charge is 0.320 e. The SMILES string of the molecule is CC(CNC(=O)NCc1ccc2c(c1)OCO2)c1nc2ccccc2n1C(F)F. The zero-order valence-corrected chi connectivity index (χ0v) is 15.7. The number of hydrogen-bond acceptors (Lipinski definition) is 4. The molecule has 1 atom stereocenters. The van der Waals surface area contributed by atoms with Crippen molar-refractivity contribution in [2.24, 2.45) is 0 Å². The second kappa shape index (κ2) is 7.94. The molecule has 2 N–H and O–H groups in total. The molecule has 1 aromatic heterocycles. The van der Waals surface area contributed by atoms with Crippen molar-refractivity contribution < 1.29 is 23.0 Å². The van der Waals surface area contributed by atoms with Gasteiger partial charge in [-0.3, -0.25) is 4.57 Å². The summed E-state index contributed by atoms with van der Waals surface area (Å²) < 4.78 is 38.6. The molecule has 29 heavy (non-hydrogen) atoms. The van der Waals surface area contributed by atoms with Gasteiger partial charge >= 0.3 is 12.6 Å². The Morgan fingerprint density at radius 1 is 1.17 bits per heavy atom. The molecule has 7 nitrogen and oxygen atoms in total. The van der Waals surface area contributed by atoms with Crippen molar-refractivity contribution in [3.05, 3.63) is 53.9 Å². The number of nitrogens with zero attached hydrogens (tertiary/aromatic N) is 2. The molecule has 0 fully saturated rings. The van der Waals surface area contributed by atoms with E-state index in [1.54, 1.807) is 43.3 Å². The molecule has 4 rings (SSSR count). The Bertz CT molecular complexity index is 1040. The largest absolute Gasteiger partial charge is 0.454 e. The lowest BCUT2D eigenvalue weighted by atomic mass is 10.1. The van der Waals surface area contributed by atoms with Crippen molar-refractivity contribution in [2.75, 3.05) is 13.3 Å². The van der Waals surface area contributed by atoms with Crippen LogP contribution in [-0.4, -0.2) is 28.9 Å². The van der Waals surface area contributed by atoms with Crippen LogP contribution < -0.4 is 20.1 Å². The average molecular weight is 402 g/mol. The third-order valence-electron chi connectivity index (χ3n) is 4.72. The number of amides is 2. The van der Waals surface area contributed by atoms with E-state index in [0.29, 0.717) is 29.1 Å². The van der Waals surface area contributed by atoms with Gasteiger partial charge in [0.1, 0.15) is 5.82 Å². The first-order valence-electron chi connectivity index (χ1n) is 9.18. The van der Waals surface area contributed by atoms with Crippen LogP contribution in [0.2, 0.25) is 0 Å². The van der Waals surface area contributed by atoms with Crippen LogP contribution in [-0.2, 0) is 6.54 Å². The van der Waals surface area contributed by atoms with Gasteiger partial charge in [0.25, 0.3) is 0 Å². The first-order chi connectivity index (χ1) is 14.0. The van der Waals surface area contributed by atoms with E-state index >= 15 is 0 Å². The quantitative estimate of drug-likeness (QED) is 0.658. The fraction of sp³-hybridized carbons (Fsp3) is 0.300. The molecule has 152 valence electrons. The minimum atomic E-state index is -2.71. The number of alkyl halides is 2. The number of halogens is 2. The molecule has 1 aliphatic heterocycles. The van der Waals surface area contributed by atoms with Crippen LogP contribution in [0.5, 0.6) is 11.5 Å². The molecule has 0 radical (unpaired) electrons. The normalized spacial score (nSPS) is 13.7. The summed E-state index contributed by atoms with van der Waals surface area (Å²) in [5.41, 5.74) is 1.73. The van der Waals surface area contributed by atoms with Gasteiger partial charge in [-0.2, -0.15) is 8.78 Å². The monoisotopic (exact) mass is 402 g/mol. The summed E-state index contributed by atoms with van der Waals surface area (Å²) in [5.74, 6) is 1.16. The summed E-state index contributed by atoms with van der Waals surface area (Å²) in [6, 6.07) is 11.8. The van der Waals surface area contributed by atoms with E-state index in [9.17, 15) is 13.6 Å². The Labute approximate surface area is 165 Å². The van der Waals surface area contributed by atoms with Gasteiger partial charge < -0.3 is 20.1 Å². The van der Waals surface area contributed by atoms with E-state index in [1.807, 2.05) is 6.07 Å². The molecule has 1 unspecified atom stereocenters. The highest BCUT2D eigenvalue weighted by Gasteiger charge is 2.22. The molecule has 0 saturated heterocycles. The van der Waals surface area contributed by atoms with Crippen molar-refractivity contribution in [1.82, 2.24) is 20.2 Å². The van der Waals surface area contributed by atoms with Gasteiger partial charge in [-0.25, -0.2) is 9.78 Å². The fourth-order valence-corrected chi connectivity index (χ4v) is 3.25. The molecule has 2 amide bonds. The average Bonchev–Trinajstić information content (AvgIpc) is 3.34. The lowest BCUT2D eigenvalue weighted by molar-refractivity contribution is 0.0704. The molecule has 0 spiro atoms. The molecular weight excluding hydrogens is 382 g/mol. The van der Waals surface area contributed by atoms with E-state index in [4.69, 9.17) is 9.47 Å². The van der Waals surface area contributed by atoms with Gasteiger partial charge in [0.05, 0.1) is 11.0 Å². The number of nitrogens with one attached hydrogen (secondary N) is 2. The topological polar surface area (TPSA) is 77.4 Å². The molecule has 9 heteroatoms. The van der Waals surface area contributed by atoms with Crippen LogP contribution in [0.25, 0.3) is 11.0 Å². The number of para-hydroxylation sites is 2. The number of ether oxygens (including phenoxy) is 2. The number of carbonyl (C=O) groups excluding carboxylic acids is 1. The van der Waals surface area contributed by atoms with Gasteiger partial charge in [0.15, 0.2) is 11.5 Å². The minimum Gasteiger partial charge on any atom is -0.454 e. The van der Waals surface area contributed by atoms with E-state index < -0.39 is 18.5 Å². The number of aromatic nitrogens is 2. The highest BCUT2D eigenvalue weighted by atomic mass is 19.3. The molecule has 0 aliphatic carbocycles. The molecule has 2 heterocycles. The molecule has 2 aromatic carbocycles. The number of fused-ring (bicyclic) bond motifs is 2. The Balaban J connectivity index is 1.36. The van der Waals surface area contributed by atoms with Gasteiger partial charge in [-0.1, -0.05) is 25.1 Å². The van der Waals surface area contributed by atoms with Crippen LogP contribution in [0.4, 0.5) is 13.6 Å². The Morgan fingerprint density at radius 2 is 1.97 bits per heavy atom. The summed E-state index contributed by atoms with van der Waals surface area (Å²) in [5, 5.41) is 5.45. The third kappa shape index (κ3) is 3.94. The molecular formula is C20H20F2N4O3. The van der Waals surface area contributed by atoms with Crippen molar-refractivity contribution in [2.45, 2.75) is 25.9 Å². The molecule has 0 bridgehead atoms. The first-order valence-corrected chi connectivity index (χ1v) is 9.18. The highest BCUT2D eigenvalue weighted by molar-refractivity contribution is 5.76. The number of carbonyl (C=O) groups is 1.